The number of pyridine rings is 1. The van der Waals surface area contributed by atoms with Gasteiger partial charge in [0.15, 0.2) is 0 Å². The van der Waals surface area contributed by atoms with Gasteiger partial charge in [0.2, 0.25) is 5.95 Å². The van der Waals surface area contributed by atoms with E-state index in [1.165, 1.54) is 55.5 Å². The lowest BCUT2D eigenvalue weighted by molar-refractivity contribution is -0.205. The second kappa shape index (κ2) is 12.2. The average molecular weight is 633 g/mol. The van der Waals surface area contributed by atoms with Crippen LogP contribution in [0.5, 0.6) is 0 Å². The molecule has 5 rings (SSSR count). The number of piperazine rings is 1. The summed E-state index contributed by atoms with van der Waals surface area (Å²) in [6.45, 7) is 1.28. The Bertz CT molecular complexity index is 1860. The van der Waals surface area contributed by atoms with Crippen molar-refractivity contribution in [1.29, 1.82) is 0 Å². The average Bonchev–Trinajstić information content (AvgIpc) is 3.47. The van der Waals surface area contributed by atoms with E-state index in [-0.39, 0.29) is 44.2 Å². The van der Waals surface area contributed by atoms with Gasteiger partial charge < -0.3 is 20.4 Å². The number of carbonyl (C=O) groups is 1. The minimum atomic E-state index is -4.78. The van der Waals surface area contributed by atoms with Gasteiger partial charge in [-0.05, 0) is 36.4 Å². The third kappa shape index (κ3) is 6.88. The summed E-state index contributed by atoms with van der Waals surface area (Å²) in [6.07, 6.45) is -7.39. The third-order valence-corrected chi connectivity index (χ3v) is 6.98. The van der Waals surface area contributed by atoms with Crippen molar-refractivity contribution in [2.45, 2.75) is 19.0 Å². The topological polar surface area (TPSA) is 100 Å². The first-order valence-corrected chi connectivity index (χ1v) is 13.5. The van der Waals surface area contributed by atoms with Gasteiger partial charge in [0.1, 0.15) is 5.65 Å². The Morgan fingerprint density at radius 3 is 2.49 bits per heavy atom. The number of nitrogens with one attached hydrogen (secondary N) is 2. The van der Waals surface area contributed by atoms with E-state index in [9.17, 15) is 35.9 Å². The first-order chi connectivity index (χ1) is 21.2. The standard InChI is InChI=1S/C29H26F6N8O2/c1-40(2)24(44)8-5-18-14-19-16-37-27(39-25(19)42(26(18)45)17-21-4-3-11-43(21)29(33,34)35)38-20-6-7-23(22(15-20)28(30,31)32)41-12-9-36-10-13-41/h3-4,6-7,11,14-16,36H,9-10,12-13,17H2,1-2H3,(H,37,38,39). The summed E-state index contributed by atoms with van der Waals surface area (Å²) in [7, 11) is 2.92. The summed E-state index contributed by atoms with van der Waals surface area (Å²) in [6, 6.07) is 7.34. The van der Waals surface area contributed by atoms with Crippen LogP contribution in [-0.4, -0.2) is 70.2 Å². The predicted molar refractivity (Wildman–Crippen MR) is 154 cm³/mol. The predicted octanol–water partition coefficient (Wildman–Crippen LogP) is 3.73. The van der Waals surface area contributed by atoms with Gasteiger partial charge in [0.25, 0.3) is 11.5 Å². The van der Waals surface area contributed by atoms with Gasteiger partial charge in [0, 0.05) is 81.0 Å². The van der Waals surface area contributed by atoms with Crippen LogP contribution >= 0.6 is 0 Å². The molecule has 0 bridgehead atoms. The van der Waals surface area contributed by atoms with Crippen molar-refractivity contribution in [2.24, 2.45) is 0 Å². The number of anilines is 3. The number of benzene rings is 1. The van der Waals surface area contributed by atoms with Gasteiger partial charge in [-0.25, -0.2) is 4.98 Å². The van der Waals surface area contributed by atoms with Crippen LogP contribution in [0.1, 0.15) is 16.8 Å². The molecule has 1 saturated heterocycles. The van der Waals surface area contributed by atoms with E-state index in [1.54, 1.807) is 4.90 Å². The van der Waals surface area contributed by atoms with Gasteiger partial charge in [0.05, 0.1) is 17.7 Å². The molecule has 0 spiro atoms. The summed E-state index contributed by atoms with van der Waals surface area (Å²) >= 11 is 0. The van der Waals surface area contributed by atoms with Crippen LogP contribution in [0.25, 0.3) is 11.0 Å². The first-order valence-electron chi connectivity index (χ1n) is 13.5. The second-order valence-electron chi connectivity index (χ2n) is 10.3. The van der Waals surface area contributed by atoms with Crippen molar-refractivity contribution in [3.05, 3.63) is 76.0 Å². The number of aromatic nitrogens is 4. The van der Waals surface area contributed by atoms with Crippen LogP contribution in [0, 0.1) is 11.8 Å². The van der Waals surface area contributed by atoms with Gasteiger partial charge in [-0.1, -0.05) is 5.92 Å². The molecule has 3 aromatic heterocycles. The largest absolute Gasteiger partial charge is 0.488 e. The monoisotopic (exact) mass is 632 g/mol. The SMILES string of the molecule is CN(C)C(=O)C#Cc1cc2cnc(Nc3ccc(N4CCNCC4)c(C(F)(F)F)c3)nc2n(Cc2cccn2C(F)(F)F)c1=O. The highest BCUT2D eigenvalue weighted by molar-refractivity contribution is 5.94. The minimum Gasteiger partial charge on any atom is -0.368 e. The molecule has 1 aromatic carbocycles. The van der Waals surface area contributed by atoms with Crippen molar-refractivity contribution in [3.63, 3.8) is 0 Å². The summed E-state index contributed by atoms with van der Waals surface area (Å²) in [5, 5.41) is 6.00. The maximum Gasteiger partial charge on any atom is 0.488 e. The van der Waals surface area contributed by atoms with E-state index in [1.807, 2.05) is 0 Å². The number of hydrogen-bond acceptors (Lipinski definition) is 7. The molecule has 10 nitrogen and oxygen atoms in total. The van der Waals surface area contributed by atoms with Crippen LogP contribution in [-0.2, 0) is 23.8 Å². The number of alkyl halides is 6. The van der Waals surface area contributed by atoms with E-state index in [0.29, 0.717) is 26.2 Å². The maximum atomic E-state index is 14.1. The number of nitrogens with zero attached hydrogens (tertiary/aromatic N) is 6. The number of hydrogen-bond donors (Lipinski definition) is 2. The number of rotatable bonds is 5. The van der Waals surface area contributed by atoms with Gasteiger partial charge >= 0.3 is 12.5 Å². The summed E-state index contributed by atoms with van der Waals surface area (Å²) in [5.41, 5.74) is -2.26. The zero-order chi connectivity index (χ0) is 32.5. The smallest absolute Gasteiger partial charge is 0.368 e. The highest BCUT2D eigenvalue weighted by Crippen LogP contribution is 2.39. The van der Waals surface area contributed by atoms with Gasteiger partial charge in [-0.2, -0.15) is 18.2 Å². The van der Waals surface area contributed by atoms with E-state index in [2.05, 4.69) is 32.4 Å². The number of amides is 1. The van der Waals surface area contributed by atoms with Crippen LogP contribution < -0.4 is 21.1 Å². The normalized spacial score (nSPS) is 13.8. The fraction of sp³-hybridized carbons (Fsp3) is 0.310. The number of fused-ring (bicyclic) bond motifs is 1. The fourth-order valence-corrected chi connectivity index (χ4v) is 4.79. The number of carbonyl (C=O) groups excluding carboxylic acids is 1. The van der Waals surface area contributed by atoms with Crippen LogP contribution in [0.4, 0.5) is 43.7 Å². The summed E-state index contributed by atoms with van der Waals surface area (Å²) in [4.78, 5) is 36.8. The third-order valence-electron chi connectivity index (χ3n) is 6.98. The molecule has 2 N–H and O–H groups in total. The zero-order valence-corrected chi connectivity index (χ0v) is 23.9. The molecule has 1 fully saturated rings. The minimum absolute atomic E-state index is 0.00471. The Hall–Kier alpha value is -5.04. The molecule has 4 heterocycles. The quantitative estimate of drug-likeness (QED) is 0.256. The maximum absolute atomic E-state index is 14.1. The van der Waals surface area contributed by atoms with Gasteiger partial charge in [-0.3, -0.25) is 18.7 Å². The second-order valence-corrected chi connectivity index (χ2v) is 10.3. The molecule has 0 unspecified atom stereocenters. The van der Waals surface area contributed by atoms with E-state index in [0.717, 1.165) is 16.8 Å². The molecular weight excluding hydrogens is 606 g/mol. The highest BCUT2D eigenvalue weighted by Gasteiger charge is 2.36. The number of halogens is 6. The summed E-state index contributed by atoms with van der Waals surface area (Å²) < 4.78 is 84.0. The molecule has 1 aliphatic heterocycles. The van der Waals surface area contributed by atoms with Crippen molar-refractivity contribution < 1.29 is 31.1 Å². The zero-order valence-electron chi connectivity index (χ0n) is 23.9. The molecular formula is C29H26F6N8O2. The van der Waals surface area contributed by atoms with E-state index >= 15 is 0 Å². The molecule has 16 heteroatoms. The Labute approximate surface area is 252 Å². The van der Waals surface area contributed by atoms with Crippen molar-refractivity contribution >= 4 is 34.3 Å². The van der Waals surface area contributed by atoms with Crippen molar-refractivity contribution in [3.8, 4) is 11.8 Å². The Morgan fingerprint density at radius 1 is 1.09 bits per heavy atom. The van der Waals surface area contributed by atoms with Crippen molar-refractivity contribution in [2.75, 3.05) is 50.5 Å². The Kier molecular flexibility index (Phi) is 8.48. The molecule has 0 radical (unpaired) electrons. The molecule has 0 saturated carbocycles. The van der Waals surface area contributed by atoms with E-state index < -0.39 is 36.1 Å². The van der Waals surface area contributed by atoms with E-state index in [4.69, 9.17) is 0 Å². The summed E-state index contributed by atoms with van der Waals surface area (Å²) in [5.74, 6) is 3.96. The van der Waals surface area contributed by atoms with Crippen LogP contribution in [0.2, 0.25) is 0 Å². The Morgan fingerprint density at radius 2 is 1.82 bits per heavy atom. The fourth-order valence-electron chi connectivity index (χ4n) is 4.79. The lowest BCUT2D eigenvalue weighted by atomic mass is 10.1. The molecule has 1 amide bonds. The first kappa shape index (κ1) is 31.4. The lowest BCUT2D eigenvalue weighted by Gasteiger charge is -2.31. The molecule has 236 valence electrons. The van der Waals surface area contributed by atoms with Crippen molar-refractivity contribution in [1.82, 2.24) is 29.3 Å². The van der Waals surface area contributed by atoms with Crippen LogP contribution in [0.15, 0.2) is 53.6 Å². The Balaban J connectivity index is 1.58. The van der Waals surface area contributed by atoms with Crippen LogP contribution in [0.3, 0.4) is 0 Å². The molecule has 0 atom stereocenters. The lowest BCUT2D eigenvalue weighted by Crippen LogP contribution is -2.44. The van der Waals surface area contributed by atoms with Gasteiger partial charge in [-0.15, -0.1) is 13.2 Å². The highest BCUT2D eigenvalue weighted by atomic mass is 19.4. The molecule has 4 aromatic rings. The molecule has 45 heavy (non-hydrogen) atoms. The molecule has 0 aliphatic carbocycles. The molecule has 1 aliphatic rings.